The molecule has 0 aliphatic carbocycles. The number of hydrazine groups is 1. The normalized spacial score (nSPS) is 15.6. The molecule has 2 heterocycles. The van der Waals surface area contributed by atoms with Crippen molar-refractivity contribution < 1.29 is 14.4 Å². The van der Waals surface area contributed by atoms with Crippen molar-refractivity contribution >= 4 is 28.6 Å². The van der Waals surface area contributed by atoms with Gasteiger partial charge in [0.25, 0.3) is 17.7 Å². The van der Waals surface area contributed by atoms with Crippen LogP contribution in [0.3, 0.4) is 0 Å². The lowest BCUT2D eigenvalue weighted by atomic mass is 9.95. The third kappa shape index (κ3) is 4.48. The number of carbonyl (C=O) groups excluding carboxylic acids is 3. The molecule has 5 rings (SSSR count). The summed E-state index contributed by atoms with van der Waals surface area (Å²) in [5.41, 5.74) is 9.02. The van der Waals surface area contributed by atoms with E-state index in [4.69, 9.17) is 0 Å². The van der Waals surface area contributed by atoms with Gasteiger partial charge in [-0.1, -0.05) is 68.4 Å². The van der Waals surface area contributed by atoms with Gasteiger partial charge in [-0.3, -0.25) is 25.2 Å². The molecule has 3 amide bonds. The SMILES string of the molecule is CC(C)CC(C(=O)NNC(=O)c1ccccc1)N1C(=O)c2ccccc2C1c1cn(C)c2ccccc12. The number of hydrogen-bond acceptors (Lipinski definition) is 3. The first-order valence-electron chi connectivity index (χ1n) is 12.5. The van der Waals surface area contributed by atoms with E-state index in [0.29, 0.717) is 17.5 Å². The number of hydrogen-bond donors (Lipinski definition) is 2. The molecule has 0 saturated heterocycles. The summed E-state index contributed by atoms with van der Waals surface area (Å²) in [4.78, 5) is 41.8. The molecular formula is C30H30N4O3. The Morgan fingerprint density at radius 1 is 0.865 bits per heavy atom. The summed E-state index contributed by atoms with van der Waals surface area (Å²) < 4.78 is 2.05. The zero-order valence-electron chi connectivity index (χ0n) is 21.1. The minimum absolute atomic E-state index is 0.130. The second kappa shape index (κ2) is 9.93. The number of aryl methyl sites for hydroxylation is 1. The van der Waals surface area contributed by atoms with Gasteiger partial charge in [-0.2, -0.15) is 0 Å². The van der Waals surface area contributed by atoms with Gasteiger partial charge in [-0.25, -0.2) is 0 Å². The van der Waals surface area contributed by atoms with Gasteiger partial charge in [-0.15, -0.1) is 0 Å². The Bertz CT molecular complexity index is 1470. The van der Waals surface area contributed by atoms with E-state index in [0.717, 1.165) is 22.0 Å². The minimum atomic E-state index is -0.792. The van der Waals surface area contributed by atoms with E-state index in [9.17, 15) is 14.4 Å². The maximum absolute atomic E-state index is 13.9. The summed E-state index contributed by atoms with van der Waals surface area (Å²) in [7, 11) is 1.98. The zero-order chi connectivity index (χ0) is 26.1. The van der Waals surface area contributed by atoms with Crippen molar-refractivity contribution in [2.45, 2.75) is 32.4 Å². The molecule has 188 valence electrons. The van der Waals surface area contributed by atoms with Crippen molar-refractivity contribution in [3.05, 3.63) is 107 Å². The molecule has 3 aromatic carbocycles. The molecule has 0 spiro atoms. The first-order chi connectivity index (χ1) is 17.9. The van der Waals surface area contributed by atoms with Crippen LogP contribution < -0.4 is 10.9 Å². The van der Waals surface area contributed by atoms with Crippen LogP contribution in [0.15, 0.2) is 85.1 Å². The van der Waals surface area contributed by atoms with Crippen molar-refractivity contribution in [2.24, 2.45) is 13.0 Å². The van der Waals surface area contributed by atoms with Crippen LogP contribution in [-0.2, 0) is 11.8 Å². The summed E-state index contributed by atoms with van der Waals surface area (Å²) in [5.74, 6) is -0.905. The van der Waals surface area contributed by atoms with Gasteiger partial charge in [0, 0.05) is 40.8 Å². The van der Waals surface area contributed by atoms with Gasteiger partial charge in [0.1, 0.15) is 6.04 Å². The number of carbonyl (C=O) groups is 3. The summed E-state index contributed by atoms with van der Waals surface area (Å²) in [5, 5.41) is 1.03. The molecule has 7 heteroatoms. The average Bonchev–Trinajstić information content (AvgIpc) is 3.39. The molecule has 7 nitrogen and oxygen atoms in total. The topological polar surface area (TPSA) is 83.4 Å². The molecule has 4 aromatic rings. The molecule has 2 atom stereocenters. The number of nitrogens with zero attached hydrogens (tertiary/aromatic N) is 2. The first-order valence-corrected chi connectivity index (χ1v) is 12.5. The Morgan fingerprint density at radius 2 is 1.54 bits per heavy atom. The van der Waals surface area contributed by atoms with Crippen molar-refractivity contribution in [1.29, 1.82) is 0 Å². The van der Waals surface area contributed by atoms with E-state index in [1.807, 2.05) is 86.3 Å². The van der Waals surface area contributed by atoms with Crippen LogP contribution in [0.25, 0.3) is 10.9 Å². The first kappa shape index (κ1) is 24.3. The highest BCUT2D eigenvalue weighted by Crippen LogP contribution is 2.43. The van der Waals surface area contributed by atoms with Gasteiger partial charge < -0.3 is 9.47 Å². The average molecular weight is 495 g/mol. The number of aromatic nitrogens is 1. The predicted octanol–water partition coefficient (Wildman–Crippen LogP) is 4.60. The van der Waals surface area contributed by atoms with E-state index >= 15 is 0 Å². The molecule has 2 unspecified atom stereocenters. The lowest BCUT2D eigenvalue weighted by molar-refractivity contribution is -0.127. The van der Waals surface area contributed by atoms with E-state index < -0.39 is 23.9 Å². The molecular weight excluding hydrogens is 464 g/mol. The molecule has 0 fully saturated rings. The van der Waals surface area contributed by atoms with Gasteiger partial charge >= 0.3 is 0 Å². The number of amides is 3. The molecule has 1 aliphatic rings. The molecule has 0 saturated carbocycles. The third-order valence-electron chi connectivity index (χ3n) is 6.89. The monoisotopic (exact) mass is 494 g/mol. The van der Waals surface area contributed by atoms with E-state index in [2.05, 4.69) is 10.9 Å². The van der Waals surface area contributed by atoms with Gasteiger partial charge in [0.15, 0.2) is 0 Å². The highest BCUT2D eigenvalue weighted by molar-refractivity contribution is 6.04. The maximum Gasteiger partial charge on any atom is 0.269 e. The Hall–Kier alpha value is -4.39. The maximum atomic E-state index is 13.9. The fourth-order valence-electron chi connectivity index (χ4n) is 5.22. The van der Waals surface area contributed by atoms with Crippen LogP contribution in [0.1, 0.15) is 58.2 Å². The second-order valence-electron chi connectivity index (χ2n) is 9.87. The molecule has 2 N–H and O–H groups in total. The number of benzene rings is 3. The third-order valence-corrected chi connectivity index (χ3v) is 6.89. The Morgan fingerprint density at radius 3 is 2.30 bits per heavy atom. The van der Waals surface area contributed by atoms with Crippen LogP contribution in [0.5, 0.6) is 0 Å². The predicted molar refractivity (Wildman–Crippen MR) is 143 cm³/mol. The largest absolute Gasteiger partial charge is 0.350 e. The highest BCUT2D eigenvalue weighted by atomic mass is 16.2. The van der Waals surface area contributed by atoms with Crippen molar-refractivity contribution in [1.82, 2.24) is 20.3 Å². The standard InChI is InChI=1S/C30H30N4O3/c1-19(2)17-26(29(36)32-31-28(35)20-11-5-4-6-12-20)34-27(22-14-7-8-15-23(22)30(34)37)24-18-33(3)25-16-10-9-13-21(24)25/h4-16,18-19,26-27H,17H2,1-3H3,(H,31,35)(H,32,36). The molecule has 1 aliphatic heterocycles. The number of rotatable bonds is 6. The second-order valence-corrected chi connectivity index (χ2v) is 9.87. The highest BCUT2D eigenvalue weighted by Gasteiger charge is 2.45. The van der Waals surface area contributed by atoms with Crippen molar-refractivity contribution in [3.63, 3.8) is 0 Å². The number of fused-ring (bicyclic) bond motifs is 2. The van der Waals surface area contributed by atoms with Crippen LogP contribution in [-0.4, -0.2) is 33.2 Å². The Labute approximate surface area is 216 Å². The Kier molecular flexibility index (Phi) is 6.53. The van der Waals surface area contributed by atoms with E-state index in [1.54, 1.807) is 29.2 Å². The van der Waals surface area contributed by atoms with Gasteiger partial charge in [0.05, 0.1) is 6.04 Å². The van der Waals surface area contributed by atoms with E-state index in [1.165, 1.54) is 0 Å². The molecule has 37 heavy (non-hydrogen) atoms. The lowest BCUT2D eigenvalue weighted by Crippen LogP contribution is -2.53. The number of nitrogens with one attached hydrogen (secondary N) is 2. The Balaban J connectivity index is 1.53. The summed E-state index contributed by atoms with van der Waals surface area (Å²) in [6, 6.07) is 23.1. The quantitative estimate of drug-likeness (QED) is 0.384. The van der Waals surface area contributed by atoms with Crippen molar-refractivity contribution in [3.8, 4) is 0 Å². The summed E-state index contributed by atoms with van der Waals surface area (Å²) in [6.45, 7) is 4.03. The number of para-hydroxylation sites is 1. The fraction of sp³-hybridized carbons (Fsp3) is 0.233. The van der Waals surface area contributed by atoms with Crippen LogP contribution in [0, 0.1) is 5.92 Å². The van der Waals surface area contributed by atoms with Crippen LogP contribution >= 0.6 is 0 Å². The fourth-order valence-corrected chi connectivity index (χ4v) is 5.22. The minimum Gasteiger partial charge on any atom is -0.350 e. The molecule has 0 radical (unpaired) electrons. The van der Waals surface area contributed by atoms with Gasteiger partial charge in [0.2, 0.25) is 0 Å². The molecule has 0 bridgehead atoms. The van der Waals surface area contributed by atoms with Gasteiger partial charge in [-0.05, 0) is 42.2 Å². The smallest absolute Gasteiger partial charge is 0.269 e. The summed E-state index contributed by atoms with van der Waals surface area (Å²) >= 11 is 0. The molecule has 1 aromatic heterocycles. The van der Waals surface area contributed by atoms with Crippen LogP contribution in [0.4, 0.5) is 0 Å². The van der Waals surface area contributed by atoms with Crippen LogP contribution in [0.2, 0.25) is 0 Å². The summed E-state index contributed by atoms with van der Waals surface area (Å²) in [6.07, 6.45) is 2.48. The lowest BCUT2D eigenvalue weighted by Gasteiger charge is -2.33. The van der Waals surface area contributed by atoms with Crippen molar-refractivity contribution in [2.75, 3.05) is 0 Å². The zero-order valence-corrected chi connectivity index (χ0v) is 21.1. The van der Waals surface area contributed by atoms with E-state index in [-0.39, 0.29) is 11.8 Å².